The number of ether oxygens (including phenoxy) is 1. The van der Waals surface area contributed by atoms with Crippen molar-refractivity contribution < 1.29 is 9.53 Å². The molecule has 1 aliphatic rings. The quantitative estimate of drug-likeness (QED) is 0.806. The number of rotatable bonds is 6. The van der Waals surface area contributed by atoms with Crippen LogP contribution in [0.5, 0.6) is 0 Å². The van der Waals surface area contributed by atoms with E-state index < -0.39 is 0 Å². The van der Waals surface area contributed by atoms with Gasteiger partial charge < -0.3 is 15.0 Å². The molecule has 122 valence electrons. The predicted molar refractivity (Wildman–Crippen MR) is 85.9 cm³/mol. The van der Waals surface area contributed by atoms with Gasteiger partial charge in [-0.3, -0.25) is 9.78 Å². The molecule has 0 aliphatic carbocycles. The molecule has 1 aliphatic heterocycles. The zero-order valence-electron chi connectivity index (χ0n) is 13.8. The Kier molecular flexibility index (Phi) is 6.12. The fourth-order valence-electron chi connectivity index (χ4n) is 2.75. The Hall–Kier alpha value is -1.69. The molecule has 2 rings (SSSR count). The number of aryl methyl sites for hydroxylation is 2. The maximum Gasteiger partial charge on any atom is 0.223 e. The van der Waals surface area contributed by atoms with Crippen LogP contribution in [0.25, 0.3) is 0 Å². The molecule has 6 nitrogen and oxygen atoms in total. The smallest absolute Gasteiger partial charge is 0.223 e. The van der Waals surface area contributed by atoms with Crippen LogP contribution in [0.4, 0.5) is 5.82 Å². The van der Waals surface area contributed by atoms with Crippen molar-refractivity contribution in [3.8, 4) is 0 Å². The van der Waals surface area contributed by atoms with Crippen molar-refractivity contribution in [2.45, 2.75) is 33.1 Å². The molecule has 6 heteroatoms. The topological polar surface area (TPSA) is 67.3 Å². The Balaban J connectivity index is 1.82. The molecule has 1 aromatic heterocycles. The number of carbonyl (C=O) groups excluding carboxylic acids is 1. The average Bonchev–Trinajstić information content (AvgIpc) is 2.54. The predicted octanol–water partition coefficient (Wildman–Crippen LogP) is 1.46. The molecule has 0 saturated carbocycles. The summed E-state index contributed by atoms with van der Waals surface area (Å²) in [6.45, 7) is 7.02. The molecule has 1 amide bonds. The van der Waals surface area contributed by atoms with Gasteiger partial charge >= 0.3 is 0 Å². The number of nitrogens with zero attached hydrogens (tertiary/aromatic N) is 3. The van der Waals surface area contributed by atoms with Crippen molar-refractivity contribution in [2.75, 3.05) is 38.3 Å². The summed E-state index contributed by atoms with van der Waals surface area (Å²) in [5.41, 5.74) is 1.88. The van der Waals surface area contributed by atoms with Crippen LogP contribution in [-0.4, -0.2) is 49.2 Å². The van der Waals surface area contributed by atoms with Crippen LogP contribution >= 0.6 is 0 Å². The summed E-state index contributed by atoms with van der Waals surface area (Å²) in [6, 6.07) is 0. The third-order valence-corrected chi connectivity index (χ3v) is 4.04. The number of aromatic nitrogens is 2. The molecule has 0 spiro atoms. The fourth-order valence-corrected chi connectivity index (χ4v) is 2.75. The zero-order valence-corrected chi connectivity index (χ0v) is 13.8. The molecule has 0 atom stereocenters. The minimum atomic E-state index is 0.108. The standard InChI is InChI=1S/C16H26N4O2/c1-12-11-18-13(2)15(19-12)20-8-5-14(6-9-20)16(21)17-7-4-10-22-3/h11,14H,4-10H2,1-3H3,(H,17,21). The van der Waals surface area contributed by atoms with Gasteiger partial charge in [-0.1, -0.05) is 0 Å². The SMILES string of the molecule is COCCCNC(=O)C1CCN(c2nc(C)cnc2C)CC1. The summed E-state index contributed by atoms with van der Waals surface area (Å²) in [6.07, 6.45) is 4.38. The van der Waals surface area contributed by atoms with Gasteiger partial charge in [0.1, 0.15) is 5.82 Å². The summed E-state index contributed by atoms with van der Waals surface area (Å²) in [4.78, 5) is 23.3. The summed E-state index contributed by atoms with van der Waals surface area (Å²) < 4.78 is 4.98. The summed E-state index contributed by atoms with van der Waals surface area (Å²) in [5.74, 6) is 1.23. The molecule has 1 aromatic rings. The van der Waals surface area contributed by atoms with Crippen LogP contribution in [-0.2, 0) is 9.53 Å². The first-order valence-electron chi connectivity index (χ1n) is 7.93. The highest BCUT2D eigenvalue weighted by atomic mass is 16.5. The van der Waals surface area contributed by atoms with E-state index in [0.717, 1.165) is 49.6 Å². The van der Waals surface area contributed by atoms with Crippen LogP contribution in [0.2, 0.25) is 0 Å². The molecule has 0 unspecified atom stereocenters. The Bertz CT molecular complexity index is 499. The van der Waals surface area contributed by atoms with Gasteiger partial charge in [-0.2, -0.15) is 0 Å². The van der Waals surface area contributed by atoms with E-state index in [9.17, 15) is 4.79 Å². The number of piperidine rings is 1. The van der Waals surface area contributed by atoms with E-state index in [4.69, 9.17) is 4.74 Å². The number of carbonyl (C=O) groups is 1. The lowest BCUT2D eigenvalue weighted by Crippen LogP contribution is -2.41. The summed E-state index contributed by atoms with van der Waals surface area (Å²) in [7, 11) is 1.67. The third kappa shape index (κ3) is 4.40. The number of nitrogens with one attached hydrogen (secondary N) is 1. The van der Waals surface area contributed by atoms with E-state index in [1.54, 1.807) is 13.3 Å². The highest BCUT2D eigenvalue weighted by Gasteiger charge is 2.26. The van der Waals surface area contributed by atoms with Gasteiger partial charge in [-0.25, -0.2) is 4.98 Å². The second kappa shape index (κ2) is 8.08. The molecule has 0 radical (unpaired) electrons. The van der Waals surface area contributed by atoms with Crippen molar-refractivity contribution in [3.63, 3.8) is 0 Å². The molecule has 22 heavy (non-hydrogen) atoms. The molecule has 1 saturated heterocycles. The van der Waals surface area contributed by atoms with Crippen LogP contribution in [0, 0.1) is 19.8 Å². The Morgan fingerprint density at radius 1 is 1.41 bits per heavy atom. The van der Waals surface area contributed by atoms with Crippen molar-refractivity contribution in [2.24, 2.45) is 5.92 Å². The van der Waals surface area contributed by atoms with E-state index in [1.807, 2.05) is 13.8 Å². The molecule has 0 aromatic carbocycles. The lowest BCUT2D eigenvalue weighted by Gasteiger charge is -2.32. The summed E-state index contributed by atoms with van der Waals surface area (Å²) in [5, 5.41) is 3.00. The largest absolute Gasteiger partial charge is 0.385 e. The number of hydrogen-bond donors (Lipinski definition) is 1. The lowest BCUT2D eigenvalue weighted by atomic mass is 9.96. The van der Waals surface area contributed by atoms with Crippen molar-refractivity contribution in [3.05, 3.63) is 17.6 Å². The van der Waals surface area contributed by atoms with E-state index in [-0.39, 0.29) is 11.8 Å². The molecular formula is C16H26N4O2. The van der Waals surface area contributed by atoms with Crippen LogP contribution < -0.4 is 10.2 Å². The Labute approximate surface area is 132 Å². The first kappa shape index (κ1) is 16.7. The van der Waals surface area contributed by atoms with Crippen LogP contribution in [0.15, 0.2) is 6.20 Å². The maximum absolute atomic E-state index is 12.1. The fraction of sp³-hybridized carbons (Fsp3) is 0.688. The summed E-state index contributed by atoms with van der Waals surface area (Å²) >= 11 is 0. The molecule has 1 fully saturated rings. The Morgan fingerprint density at radius 3 is 2.82 bits per heavy atom. The van der Waals surface area contributed by atoms with Gasteiger partial charge in [0.15, 0.2) is 0 Å². The van der Waals surface area contributed by atoms with Crippen LogP contribution in [0.3, 0.4) is 0 Å². The first-order chi connectivity index (χ1) is 10.6. The highest BCUT2D eigenvalue weighted by Crippen LogP contribution is 2.23. The second-order valence-corrected chi connectivity index (χ2v) is 5.82. The second-order valence-electron chi connectivity index (χ2n) is 5.82. The van der Waals surface area contributed by atoms with Gasteiger partial charge in [0.05, 0.1) is 11.4 Å². The molecule has 2 heterocycles. The van der Waals surface area contributed by atoms with Crippen LogP contribution in [0.1, 0.15) is 30.7 Å². The minimum Gasteiger partial charge on any atom is -0.385 e. The van der Waals surface area contributed by atoms with Crippen molar-refractivity contribution in [1.29, 1.82) is 0 Å². The van der Waals surface area contributed by atoms with Crippen molar-refractivity contribution in [1.82, 2.24) is 15.3 Å². The number of amides is 1. The van der Waals surface area contributed by atoms with Crippen molar-refractivity contribution >= 4 is 11.7 Å². The average molecular weight is 306 g/mol. The Morgan fingerprint density at radius 2 is 2.14 bits per heavy atom. The van der Waals surface area contributed by atoms with Gasteiger partial charge in [0.2, 0.25) is 5.91 Å². The minimum absolute atomic E-state index is 0.108. The van der Waals surface area contributed by atoms with E-state index >= 15 is 0 Å². The molecule has 1 N–H and O–H groups in total. The monoisotopic (exact) mass is 306 g/mol. The lowest BCUT2D eigenvalue weighted by molar-refractivity contribution is -0.125. The van der Waals surface area contributed by atoms with Gasteiger partial charge in [-0.05, 0) is 33.1 Å². The number of methoxy groups -OCH3 is 1. The van der Waals surface area contributed by atoms with Gasteiger partial charge in [-0.15, -0.1) is 0 Å². The van der Waals surface area contributed by atoms with E-state index in [1.165, 1.54) is 0 Å². The van der Waals surface area contributed by atoms with Gasteiger partial charge in [0, 0.05) is 45.5 Å². The number of hydrogen-bond acceptors (Lipinski definition) is 5. The maximum atomic E-state index is 12.1. The zero-order chi connectivity index (χ0) is 15.9. The molecular weight excluding hydrogens is 280 g/mol. The normalized spacial score (nSPS) is 15.9. The first-order valence-corrected chi connectivity index (χ1v) is 7.93. The highest BCUT2D eigenvalue weighted by molar-refractivity contribution is 5.78. The van der Waals surface area contributed by atoms with Gasteiger partial charge in [0.25, 0.3) is 0 Å². The third-order valence-electron chi connectivity index (χ3n) is 4.04. The number of anilines is 1. The van der Waals surface area contributed by atoms with E-state index in [0.29, 0.717) is 13.2 Å². The van der Waals surface area contributed by atoms with E-state index in [2.05, 4.69) is 20.2 Å². The molecule has 0 bridgehead atoms.